The Hall–Kier alpha value is -3.83. The van der Waals surface area contributed by atoms with Crippen LogP contribution in [0.3, 0.4) is 0 Å². The van der Waals surface area contributed by atoms with Crippen molar-refractivity contribution in [2.75, 3.05) is 26.9 Å². The van der Waals surface area contributed by atoms with Crippen LogP contribution in [0, 0.1) is 11.3 Å². The fraction of sp³-hybridized carbons (Fsp3) is 0.280. The molecule has 1 unspecified atom stereocenters. The van der Waals surface area contributed by atoms with Crippen LogP contribution in [0.1, 0.15) is 25.3 Å². The van der Waals surface area contributed by atoms with Crippen LogP contribution in [0.2, 0.25) is 5.02 Å². The molecule has 0 radical (unpaired) electrons. The summed E-state index contributed by atoms with van der Waals surface area (Å²) >= 11 is 6.09. The highest BCUT2D eigenvalue weighted by Gasteiger charge is 2.36. The summed E-state index contributed by atoms with van der Waals surface area (Å²) < 4.78 is 27.6. The van der Waals surface area contributed by atoms with E-state index in [4.69, 9.17) is 41.0 Å². The van der Waals surface area contributed by atoms with Gasteiger partial charge in [-0.05, 0) is 43.7 Å². The molecule has 0 amide bonds. The Balaban J connectivity index is 1.83. The minimum atomic E-state index is -0.774. The van der Waals surface area contributed by atoms with Gasteiger partial charge in [0.25, 0.3) is 0 Å². The van der Waals surface area contributed by atoms with E-state index in [9.17, 15) is 10.1 Å². The van der Waals surface area contributed by atoms with Crippen LogP contribution in [-0.2, 0) is 14.3 Å². The highest BCUT2D eigenvalue weighted by Crippen LogP contribution is 2.42. The Bertz CT molecular complexity index is 1170. The predicted octanol–water partition coefficient (Wildman–Crippen LogP) is 4.45. The molecule has 0 aromatic heterocycles. The largest absolute Gasteiger partial charge is 0.493 e. The number of ether oxygens (including phenoxy) is 5. The molecule has 1 heterocycles. The normalized spacial score (nSPS) is 15.3. The summed E-state index contributed by atoms with van der Waals surface area (Å²) in [6.45, 7) is 3.99. The topological polar surface area (TPSA) is 113 Å². The number of esters is 1. The van der Waals surface area contributed by atoms with Gasteiger partial charge in [0.1, 0.15) is 36.4 Å². The number of nitriles is 1. The minimum absolute atomic E-state index is 0.0611. The molecule has 1 aliphatic rings. The van der Waals surface area contributed by atoms with Crippen molar-refractivity contribution >= 4 is 17.6 Å². The summed E-state index contributed by atoms with van der Waals surface area (Å²) in [5.41, 5.74) is 6.87. The summed E-state index contributed by atoms with van der Waals surface area (Å²) in [6.07, 6.45) is 0. The van der Waals surface area contributed by atoms with Crippen LogP contribution in [0.4, 0.5) is 0 Å². The van der Waals surface area contributed by atoms with Crippen molar-refractivity contribution in [1.29, 1.82) is 5.26 Å². The second kappa shape index (κ2) is 11.3. The quantitative estimate of drug-likeness (QED) is 0.410. The van der Waals surface area contributed by atoms with E-state index in [1.54, 1.807) is 44.2 Å². The van der Waals surface area contributed by atoms with Crippen molar-refractivity contribution in [1.82, 2.24) is 0 Å². The number of carbonyl (C=O) groups excluding carboxylic acids is 1. The number of hydrogen-bond acceptors (Lipinski definition) is 8. The third-order valence-corrected chi connectivity index (χ3v) is 5.37. The second-order valence-corrected chi connectivity index (χ2v) is 7.56. The molecule has 34 heavy (non-hydrogen) atoms. The van der Waals surface area contributed by atoms with Gasteiger partial charge in [0.2, 0.25) is 5.88 Å². The molecule has 0 bridgehead atoms. The lowest BCUT2D eigenvalue weighted by Crippen LogP contribution is -2.25. The van der Waals surface area contributed by atoms with Crippen molar-refractivity contribution < 1.29 is 28.5 Å². The molecule has 0 spiro atoms. The van der Waals surface area contributed by atoms with Gasteiger partial charge in [0.05, 0.1) is 30.2 Å². The van der Waals surface area contributed by atoms with Gasteiger partial charge >= 0.3 is 5.97 Å². The number of rotatable bonds is 9. The van der Waals surface area contributed by atoms with Gasteiger partial charge in [-0.2, -0.15) is 5.26 Å². The first kappa shape index (κ1) is 24.8. The standard InChI is InChI=1S/C25H25ClN2O6/c1-4-31-25(29)22-15(2)34-24(28)17(14-27)23(22)16-9-10-20(21(13-16)30-3)33-12-11-32-19-8-6-5-7-18(19)26/h5-10,13,23H,4,11-12,28H2,1-3H3. The summed E-state index contributed by atoms with van der Waals surface area (Å²) in [6, 6.07) is 14.3. The van der Waals surface area contributed by atoms with E-state index < -0.39 is 11.9 Å². The SMILES string of the molecule is CCOC(=O)C1=C(C)OC(N)=C(C#N)C1c1ccc(OCCOc2ccccc2Cl)c(OC)c1. The summed E-state index contributed by atoms with van der Waals surface area (Å²) in [7, 11) is 1.50. The van der Waals surface area contributed by atoms with E-state index >= 15 is 0 Å². The zero-order valence-electron chi connectivity index (χ0n) is 19.1. The molecular formula is C25H25ClN2O6. The van der Waals surface area contributed by atoms with Crippen LogP contribution in [0.25, 0.3) is 0 Å². The molecule has 2 aromatic rings. The Kier molecular flexibility index (Phi) is 8.28. The van der Waals surface area contributed by atoms with Crippen molar-refractivity contribution in [3.05, 3.63) is 75.8 Å². The fourth-order valence-electron chi connectivity index (χ4n) is 3.54. The van der Waals surface area contributed by atoms with Crippen molar-refractivity contribution in [3.63, 3.8) is 0 Å². The van der Waals surface area contributed by atoms with Gasteiger partial charge in [-0.15, -0.1) is 0 Å². The van der Waals surface area contributed by atoms with E-state index in [1.165, 1.54) is 7.11 Å². The summed E-state index contributed by atoms with van der Waals surface area (Å²) in [5.74, 6) is 0.306. The summed E-state index contributed by atoms with van der Waals surface area (Å²) in [4.78, 5) is 12.7. The number of nitrogens with zero attached hydrogens (tertiary/aromatic N) is 1. The van der Waals surface area contributed by atoms with Crippen LogP contribution < -0.4 is 19.9 Å². The van der Waals surface area contributed by atoms with E-state index in [1.807, 2.05) is 12.1 Å². The Morgan fingerprint density at radius 2 is 1.85 bits per heavy atom. The zero-order valence-corrected chi connectivity index (χ0v) is 19.8. The third kappa shape index (κ3) is 5.38. The summed E-state index contributed by atoms with van der Waals surface area (Å²) in [5, 5.41) is 10.2. The molecule has 9 heteroatoms. The molecule has 0 saturated heterocycles. The number of benzene rings is 2. The number of para-hydroxylation sites is 1. The first-order valence-electron chi connectivity index (χ1n) is 10.5. The number of nitrogens with two attached hydrogens (primary N) is 1. The smallest absolute Gasteiger partial charge is 0.338 e. The average molecular weight is 485 g/mol. The molecule has 2 N–H and O–H groups in total. The molecule has 1 aliphatic heterocycles. The zero-order chi connectivity index (χ0) is 24.7. The fourth-order valence-corrected chi connectivity index (χ4v) is 3.73. The lowest BCUT2D eigenvalue weighted by Gasteiger charge is -2.27. The minimum Gasteiger partial charge on any atom is -0.493 e. The maximum Gasteiger partial charge on any atom is 0.338 e. The van der Waals surface area contributed by atoms with Crippen molar-refractivity contribution in [2.24, 2.45) is 5.73 Å². The monoisotopic (exact) mass is 484 g/mol. The highest BCUT2D eigenvalue weighted by atomic mass is 35.5. The van der Waals surface area contributed by atoms with Crippen LogP contribution in [0.5, 0.6) is 17.2 Å². The average Bonchev–Trinajstić information content (AvgIpc) is 2.82. The van der Waals surface area contributed by atoms with Gasteiger partial charge in [-0.1, -0.05) is 29.8 Å². The van der Waals surface area contributed by atoms with Crippen LogP contribution in [-0.4, -0.2) is 32.9 Å². The number of methoxy groups -OCH3 is 1. The molecule has 0 saturated carbocycles. The second-order valence-electron chi connectivity index (χ2n) is 7.15. The molecule has 0 fully saturated rings. The van der Waals surface area contributed by atoms with Crippen molar-refractivity contribution in [2.45, 2.75) is 19.8 Å². The van der Waals surface area contributed by atoms with Gasteiger partial charge in [-0.25, -0.2) is 4.79 Å². The van der Waals surface area contributed by atoms with E-state index in [0.29, 0.717) is 27.8 Å². The van der Waals surface area contributed by atoms with E-state index in [0.717, 1.165) is 0 Å². The van der Waals surface area contributed by atoms with Gasteiger partial charge < -0.3 is 29.4 Å². The van der Waals surface area contributed by atoms with E-state index in [2.05, 4.69) is 6.07 Å². The van der Waals surface area contributed by atoms with Gasteiger partial charge in [-0.3, -0.25) is 0 Å². The number of allylic oxidation sites excluding steroid dienone is 2. The molecule has 1 atom stereocenters. The Morgan fingerprint density at radius 1 is 1.15 bits per heavy atom. The Morgan fingerprint density at radius 3 is 2.50 bits per heavy atom. The van der Waals surface area contributed by atoms with E-state index in [-0.39, 0.29) is 42.6 Å². The first-order chi connectivity index (χ1) is 16.4. The maximum atomic E-state index is 12.7. The number of hydrogen-bond donors (Lipinski definition) is 1. The number of carbonyl (C=O) groups is 1. The molecule has 3 rings (SSSR count). The molecule has 8 nitrogen and oxygen atoms in total. The highest BCUT2D eigenvalue weighted by molar-refractivity contribution is 6.32. The van der Waals surface area contributed by atoms with Crippen molar-refractivity contribution in [3.8, 4) is 23.3 Å². The van der Waals surface area contributed by atoms with Gasteiger partial charge in [0.15, 0.2) is 11.5 Å². The lowest BCUT2D eigenvalue weighted by atomic mass is 9.83. The van der Waals surface area contributed by atoms with Crippen LogP contribution in [0.15, 0.2) is 65.3 Å². The third-order valence-electron chi connectivity index (χ3n) is 5.06. The maximum absolute atomic E-state index is 12.7. The lowest BCUT2D eigenvalue weighted by molar-refractivity contribution is -0.139. The van der Waals surface area contributed by atoms with Gasteiger partial charge in [0, 0.05) is 0 Å². The molecular weight excluding hydrogens is 460 g/mol. The Labute approximate surface area is 203 Å². The van der Waals surface area contributed by atoms with Crippen LogP contribution >= 0.6 is 11.6 Å². The predicted molar refractivity (Wildman–Crippen MR) is 125 cm³/mol. The first-order valence-corrected chi connectivity index (χ1v) is 10.9. The number of halogens is 1. The molecule has 178 valence electrons. The molecule has 0 aliphatic carbocycles. The molecule has 2 aromatic carbocycles.